The second kappa shape index (κ2) is 9.05. The number of aromatic nitrogens is 4. The van der Waals surface area contributed by atoms with E-state index in [0.29, 0.717) is 17.7 Å². The van der Waals surface area contributed by atoms with Crippen molar-refractivity contribution in [2.75, 3.05) is 6.54 Å². The van der Waals surface area contributed by atoms with Gasteiger partial charge in [-0.25, -0.2) is 9.97 Å². The molecule has 0 radical (unpaired) electrons. The summed E-state index contributed by atoms with van der Waals surface area (Å²) in [6, 6.07) is 10.9. The van der Waals surface area contributed by atoms with Gasteiger partial charge in [-0.05, 0) is 56.7 Å². The van der Waals surface area contributed by atoms with Gasteiger partial charge >= 0.3 is 0 Å². The Labute approximate surface area is 193 Å². The number of nitrogens with one attached hydrogen (secondary N) is 2. The SMILES string of the molecule is CCCC(CNC(=O)c1ccc2c(c1)nc(C)n2C)NC(=O)c1ccc2c(c1)nc(C)n2C. The Morgan fingerprint density at radius 3 is 1.91 bits per heavy atom. The van der Waals surface area contributed by atoms with Crippen LogP contribution in [0.4, 0.5) is 0 Å². The Hall–Kier alpha value is -3.68. The van der Waals surface area contributed by atoms with Crippen molar-refractivity contribution < 1.29 is 9.59 Å². The van der Waals surface area contributed by atoms with Gasteiger partial charge in [0.25, 0.3) is 11.8 Å². The van der Waals surface area contributed by atoms with Gasteiger partial charge in [0.2, 0.25) is 0 Å². The number of nitrogens with zero attached hydrogens (tertiary/aromatic N) is 4. The average Bonchev–Trinajstić information content (AvgIpc) is 3.25. The Kier molecular flexibility index (Phi) is 6.18. The van der Waals surface area contributed by atoms with Crippen LogP contribution in [0.15, 0.2) is 36.4 Å². The van der Waals surface area contributed by atoms with Crippen LogP contribution >= 0.6 is 0 Å². The van der Waals surface area contributed by atoms with Crippen LogP contribution in [-0.2, 0) is 14.1 Å². The van der Waals surface area contributed by atoms with Crippen molar-refractivity contribution in [2.45, 2.75) is 39.7 Å². The van der Waals surface area contributed by atoms with Gasteiger partial charge in [-0.2, -0.15) is 0 Å². The minimum atomic E-state index is -0.180. The van der Waals surface area contributed by atoms with E-state index in [9.17, 15) is 9.59 Å². The Balaban J connectivity index is 1.43. The van der Waals surface area contributed by atoms with E-state index in [0.717, 1.165) is 46.6 Å². The summed E-state index contributed by atoms with van der Waals surface area (Å²) < 4.78 is 3.99. The van der Waals surface area contributed by atoms with E-state index in [2.05, 4.69) is 27.5 Å². The molecule has 4 aromatic rings. The molecule has 2 aromatic carbocycles. The molecule has 0 fully saturated rings. The fourth-order valence-corrected chi connectivity index (χ4v) is 4.08. The molecule has 2 amide bonds. The topological polar surface area (TPSA) is 93.8 Å². The molecule has 33 heavy (non-hydrogen) atoms. The van der Waals surface area contributed by atoms with Crippen LogP contribution in [-0.4, -0.2) is 43.5 Å². The quantitative estimate of drug-likeness (QED) is 0.455. The monoisotopic (exact) mass is 446 g/mol. The summed E-state index contributed by atoms with van der Waals surface area (Å²) in [4.78, 5) is 34.7. The van der Waals surface area contributed by atoms with E-state index >= 15 is 0 Å². The Morgan fingerprint density at radius 2 is 1.39 bits per heavy atom. The van der Waals surface area contributed by atoms with Crippen molar-refractivity contribution in [3.8, 4) is 0 Å². The predicted molar refractivity (Wildman–Crippen MR) is 129 cm³/mol. The zero-order valence-electron chi connectivity index (χ0n) is 19.8. The van der Waals surface area contributed by atoms with Crippen LogP contribution in [0.2, 0.25) is 0 Å². The van der Waals surface area contributed by atoms with Crippen molar-refractivity contribution in [3.63, 3.8) is 0 Å². The normalized spacial score (nSPS) is 12.3. The van der Waals surface area contributed by atoms with Gasteiger partial charge in [0.15, 0.2) is 0 Å². The number of aryl methyl sites for hydroxylation is 4. The third-order valence-corrected chi connectivity index (χ3v) is 6.21. The van der Waals surface area contributed by atoms with Crippen molar-refractivity contribution in [1.29, 1.82) is 0 Å². The van der Waals surface area contributed by atoms with Crippen molar-refractivity contribution in [1.82, 2.24) is 29.7 Å². The maximum Gasteiger partial charge on any atom is 0.251 e. The number of benzene rings is 2. The Bertz CT molecular complexity index is 1350. The molecule has 4 rings (SSSR count). The number of imidazole rings is 2. The summed E-state index contributed by atoms with van der Waals surface area (Å²) in [5.74, 6) is 1.44. The highest BCUT2D eigenvalue weighted by Crippen LogP contribution is 2.18. The van der Waals surface area contributed by atoms with Crippen LogP contribution < -0.4 is 10.6 Å². The first-order valence-electron chi connectivity index (χ1n) is 11.2. The van der Waals surface area contributed by atoms with Gasteiger partial charge in [0.05, 0.1) is 22.1 Å². The second-order valence-corrected chi connectivity index (χ2v) is 8.51. The van der Waals surface area contributed by atoms with Gasteiger partial charge in [-0.3, -0.25) is 9.59 Å². The summed E-state index contributed by atoms with van der Waals surface area (Å²) in [6.07, 6.45) is 1.65. The summed E-state index contributed by atoms with van der Waals surface area (Å²) in [7, 11) is 3.91. The molecule has 0 saturated heterocycles. The lowest BCUT2D eigenvalue weighted by Gasteiger charge is -2.19. The van der Waals surface area contributed by atoms with E-state index in [1.165, 1.54) is 0 Å². The first-order chi connectivity index (χ1) is 15.8. The highest BCUT2D eigenvalue weighted by molar-refractivity contribution is 5.98. The second-order valence-electron chi connectivity index (χ2n) is 8.51. The zero-order valence-corrected chi connectivity index (χ0v) is 19.8. The van der Waals surface area contributed by atoms with Crippen molar-refractivity contribution in [3.05, 3.63) is 59.2 Å². The molecular weight excluding hydrogens is 416 g/mol. The number of hydrogen-bond acceptors (Lipinski definition) is 4. The lowest BCUT2D eigenvalue weighted by Crippen LogP contribution is -2.43. The standard InChI is InChI=1S/C25H30N6O2/c1-6-7-19(29-25(33)18-9-11-23-21(13-18)28-16(3)31(23)5)14-26-24(32)17-8-10-22-20(12-17)27-15(2)30(22)4/h8-13,19H,6-7,14H2,1-5H3,(H,26,32)(H,29,33). The van der Waals surface area contributed by atoms with Gasteiger partial charge in [-0.1, -0.05) is 13.3 Å². The van der Waals surface area contributed by atoms with Crippen molar-refractivity contribution in [2.24, 2.45) is 14.1 Å². The molecule has 0 aliphatic rings. The minimum Gasteiger partial charge on any atom is -0.350 e. The number of amides is 2. The molecule has 8 heteroatoms. The molecule has 0 spiro atoms. The van der Waals surface area contributed by atoms with E-state index in [1.807, 2.05) is 61.3 Å². The lowest BCUT2D eigenvalue weighted by molar-refractivity contribution is 0.0906. The molecule has 2 aromatic heterocycles. The molecule has 2 heterocycles. The van der Waals surface area contributed by atoms with Gasteiger partial charge < -0.3 is 19.8 Å². The van der Waals surface area contributed by atoms with Gasteiger partial charge in [0, 0.05) is 37.8 Å². The third-order valence-electron chi connectivity index (χ3n) is 6.21. The molecule has 1 unspecified atom stereocenters. The van der Waals surface area contributed by atoms with Gasteiger partial charge in [-0.15, -0.1) is 0 Å². The molecule has 0 bridgehead atoms. The first-order valence-corrected chi connectivity index (χ1v) is 11.2. The highest BCUT2D eigenvalue weighted by atomic mass is 16.2. The Morgan fingerprint density at radius 1 is 0.879 bits per heavy atom. The number of rotatable bonds is 7. The average molecular weight is 447 g/mol. The van der Waals surface area contributed by atoms with Crippen LogP contribution in [0.5, 0.6) is 0 Å². The smallest absolute Gasteiger partial charge is 0.251 e. The van der Waals surface area contributed by atoms with E-state index in [4.69, 9.17) is 0 Å². The molecule has 0 aliphatic carbocycles. The fourth-order valence-electron chi connectivity index (χ4n) is 4.08. The van der Waals surface area contributed by atoms with Crippen molar-refractivity contribution >= 4 is 33.9 Å². The molecule has 1 atom stereocenters. The summed E-state index contributed by atoms with van der Waals surface area (Å²) >= 11 is 0. The number of carbonyl (C=O) groups is 2. The number of carbonyl (C=O) groups excluding carboxylic acids is 2. The lowest BCUT2D eigenvalue weighted by atomic mass is 10.1. The molecule has 172 valence electrons. The molecule has 2 N–H and O–H groups in total. The maximum atomic E-state index is 12.9. The summed E-state index contributed by atoms with van der Waals surface area (Å²) in [5, 5.41) is 6.03. The van der Waals surface area contributed by atoms with Crippen LogP contribution in [0.3, 0.4) is 0 Å². The van der Waals surface area contributed by atoms with E-state index < -0.39 is 0 Å². The van der Waals surface area contributed by atoms with Crippen LogP contribution in [0.1, 0.15) is 52.1 Å². The van der Waals surface area contributed by atoms with Crippen LogP contribution in [0.25, 0.3) is 22.1 Å². The molecule has 0 saturated carbocycles. The third kappa shape index (κ3) is 4.46. The molecule has 8 nitrogen and oxygen atoms in total. The summed E-state index contributed by atoms with van der Waals surface area (Å²) in [6.45, 7) is 6.28. The zero-order chi connectivity index (χ0) is 23.7. The highest BCUT2D eigenvalue weighted by Gasteiger charge is 2.17. The summed E-state index contributed by atoms with van der Waals surface area (Å²) in [5.41, 5.74) is 4.67. The fraction of sp³-hybridized carbons (Fsp3) is 0.360. The predicted octanol–water partition coefficient (Wildman–Crippen LogP) is 3.41. The maximum absolute atomic E-state index is 12.9. The minimum absolute atomic E-state index is 0.168. The van der Waals surface area contributed by atoms with Gasteiger partial charge in [0.1, 0.15) is 11.6 Å². The van der Waals surface area contributed by atoms with E-state index in [1.54, 1.807) is 12.1 Å². The van der Waals surface area contributed by atoms with Crippen LogP contribution in [0, 0.1) is 13.8 Å². The number of hydrogen-bond donors (Lipinski definition) is 2. The molecule has 0 aliphatic heterocycles. The number of fused-ring (bicyclic) bond motifs is 2. The largest absolute Gasteiger partial charge is 0.350 e. The van der Waals surface area contributed by atoms with E-state index in [-0.39, 0.29) is 17.9 Å². The first kappa shape index (κ1) is 22.5. The molecular formula is C25H30N6O2.